The van der Waals surface area contributed by atoms with Gasteiger partial charge in [-0.05, 0) is 16.7 Å². The van der Waals surface area contributed by atoms with Crippen molar-refractivity contribution in [3.63, 3.8) is 0 Å². The van der Waals surface area contributed by atoms with Crippen LogP contribution in [0.3, 0.4) is 0 Å². The SMILES string of the molecule is O=C(c1ccccc1)C(C(=O)c1ccccc1)[C@@H](c1ccccc1)[C@H](C(=O)c1ccccc1)C(c1ccccc1)c1ccccc1. The summed E-state index contributed by atoms with van der Waals surface area (Å²) in [6.07, 6.45) is 0. The Morgan fingerprint density at radius 1 is 0.326 bits per heavy atom. The fraction of sp³-hybridized carbons (Fsp3) is 0.0930. The predicted octanol–water partition coefficient (Wildman–Crippen LogP) is 9.48. The summed E-state index contributed by atoms with van der Waals surface area (Å²) in [5.74, 6) is -4.02. The summed E-state index contributed by atoms with van der Waals surface area (Å²) in [4.78, 5) is 44.8. The quantitative estimate of drug-likeness (QED) is 0.104. The molecule has 0 aromatic heterocycles. The van der Waals surface area contributed by atoms with Gasteiger partial charge in [0.25, 0.3) is 0 Å². The highest BCUT2D eigenvalue weighted by atomic mass is 16.2. The van der Waals surface area contributed by atoms with E-state index in [9.17, 15) is 9.59 Å². The maximum atomic E-state index is 15.1. The Hall–Kier alpha value is -5.67. The maximum Gasteiger partial charge on any atom is 0.174 e. The Labute approximate surface area is 270 Å². The zero-order valence-corrected chi connectivity index (χ0v) is 25.4. The standard InChI is InChI=1S/C43H34O3/c44-41(34-25-13-4-14-26-34)39(37(31-19-7-1-8-20-31)32-21-9-2-10-22-32)38(33-23-11-3-12-24-33)40(42(45)35-27-15-5-16-28-35)43(46)36-29-17-6-18-30-36/h1-30,37-40H/t38-,39+/m0/s1. The van der Waals surface area contributed by atoms with E-state index in [1.54, 1.807) is 48.5 Å². The molecule has 0 fully saturated rings. The van der Waals surface area contributed by atoms with Crippen molar-refractivity contribution in [1.29, 1.82) is 0 Å². The molecule has 6 rings (SSSR count). The molecule has 0 heterocycles. The monoisotopic (exact) mass is 598 g/mol. The van der Waals surface area contributed by atoms with Crippen LogP contribution in [-0.4, -0.2) is 17.3 Å². The van der Waals surface area contributed by atoms with Crippen LogP contribution < -0.4 is 0 Å². The predicted molar refractivity (Wildman–Crippen MR) is 183 cm³/mol. The van der Waals surface area contributed by atoms with Crippen LogP contribution in [0, 0.1) is 11.8 Å². The van der Waals surface area contributed by atoms with Crippen LogP contribution in [0.4, 0.5) is 0 Å². The van der Waals surface area contributed by atoms with Crippen LogP contribution in [0.25, 0.3) is 0 Å². The van der Waals surface area contributed by atoms with E-state index in [2.05, 4.69) is 0 Å². The normalized spacial score (nSPS) is 12.4. The van der Waals surface area contributed by atoms with Gasteiger partial charge in [-0.25, -0.2) is 0 Å². The highest BCUT2D eigenvalue weighted by Gasteiger charge is 2.47. The molecule has 0 saturated carbocycles. The van der Waals surface area contributed by atoms with E-state index < -0.39 is 23.7 Å². The molecule has 0 amide bonds. The van der Waals surface area contributed by atoms with Crippen molar-refractivity contribution in [1.82, 2.24) is 0 Å². The van der Waals surface area contributed by atoms with E-state index in [-0.39, 0.29) is 17.3 Å². The van der Waals surface area contributed by atoms with Gasteiger partial charge in [0.1, 0.15) is 0 Å². The van der Waals surface area contributed by atoms with Gasteiger partial charge in [-0.2, -0.15) is 0 Å². The third-order valence-corrected chi connectivity index (χ3v) is 8.65. The van der Waals surface area contributed by atoms with Crippen LogP contribution >= 0.6 is 0 Å². The molecule has 224 valence electrons. The molecular weight excluding hydrogens is 564 g/mol. The topological polar surface area (TPSA) is 51.2 Å². The summed E-state index contributed by atoms with van der Waals surface area (Å²) in [5, 5.41) is 0. The molecule has 0 N–H and O–H groups in total. The van der Waals surface area contributed by atoms with E-state index >= 15 is 4.79 Å². The highest BCUT2D eigenvalue weighted by molar-refractivity contribution is 6.17. The Morgan fingerprint density at radius 2 is 0.609 bits per heavy atom. The first-order valence-electron chi connectivity index (χ1n) is 15.6. The van der Waals surface area contributed by atoms with Crippen LogP contribution in [0.15, 0.2) is 182 Å². The van der Waals surface area contributed by atoms with Crippen molar-refractivity contribution in [2.24, 2.45) is 11.8 Å². The maximum absolute atomic E-state index is 15.1. The van der Waals surface area contributed by atoms with Crippen molar-refractivity contribution in [3.8, 4) is 0 Å². The van der Waals surface area contributed by atoms with Gasteiger partial charge in [0, 0.05) is 34.4 Å². The summed E-state index contributed by atoms with van der Waals surface area (Å²) >= 11 is 0. The molecule has 2 atom stereocenters. The third-order valence-electron chi connectivity index (χ3n) is 8.65. The molecule has 6 aromatic carbocycles. The lowest BCUT2D eigenvalue weighted by atomic mass is 9.62. The fourth-order valence-corrected chi connectivity index (χ4v) is 6.54. The minimum atomic E-state index is -1.18. The molecule has 0 aliphatic rings. The number of carbonyl (C=O) groups excluding carboxylic acids is 3. The van der Waals surface area contributed by atoms with Crippen molar-refractivity contribution < 1.29 is 14.4 Å². The van der Waals surface area contributed by atoms with Gasteiger partial charge < -0.3 is 0 Å². The van der Waals surface area contributed by atoms with Gasteiger partial charge in [-0.15, -0.1) is 0 Å². The Morgan fingerprint density at radius 3 is 0.957 bits per heavy atom. The lowest BCUT2D eigenvalue weighted by molar-refractivity contribution is 0.0722. The zero-order chi connectivity index (χ0) is 31.7. The minimum absolute atomic E-state index is 0.126. The molecular formula is C43H34O3. The average molecular weight is 599 g/mol. The number of ketones is 3. The molecule has 0 saturated heterocycles. The van der Waals surface area contributed by atoms with Crippen LogP contribution in [-0.2, 0) is 0 Å². The smallest absolute Gasteiger partial charge is 0.174 e. The molecule has 0 aliphatic heterocycles. The molecule has 3 nitrogen and oxygen atoms in total. The molecule has 0 aliphatic carbocycles. The number of hydrogen-bond acceptors (Lipinski definition) is 3. The van der Waals surface area contributed by atoms with Gasteiger partial charge in [-0.1, -0.05) is 182 Å². The van der Waals surface area contributed by atoms with Gasteiger partial charge in [0.15, 0.2) is 17.3 Å². The Kier molecular flexibility index (Phi) is 9.51. The molecule has 46 heavy (non-hydrogen) atoms. The summed E-state index contributed by atoms with van der Waals surface area (Å²) < 4.78 is 0. The number of carbonyl (C=O) groups is 3. The van der Waals surface area contributed by atoms with E-state index in [1.165, 1.54) is 0 Å². The first-order valence-corrected chi connectivity index (χ1v) is 15.6. The fourth-order valence-electron chi connectivity index (χ4n) is 6.54. The first-order chi connectivity index (χ1) is 22.6. The Balaban J connectivity index is 1.67. The summed E-state index contributed by atoms with van der Waals surface area (Å²) in [6, 6.07) is 56.6. The van der Waals surface area contributed by atoms with Gasteiger partial charge >= 0.3 is 0 Å². The van der Waals surface area contributed by atoms with Gasteiger partial charge in [0.2, 0.25) is 0 Å². The number of benzene rings is 6. The lowest BCUT2D eigenvalue weighted by Gasteiger charge is -2.37. The van der Waals surface area contributed by atoms with E-state index in [0.29, 0.717) is 16.7 Å². The first kappa shape index (κ1) is 30.4. The van der Waals surface area contributed by atoms with Crippen LogP contribution in [0.2, 0.25) is 0 Å². The van der Waals surface area contributed by atoms with E-state index in [4.69, 9.17) is 0 Å². The van der Waals surface area contributed by atoms with Crippen LogP contribution in [0.5, 0.6) is 0 Å². The van der Waals surface area contributed by atoms with Gasteiger partial charge in [-0.3, -0.25) is 14.4 Å². The highest BCUT2D eigenvalue weighted by Crippen LogP contribution is 2.47. The summed E-state index contributed by atoms with van der Waals surface area (Å²) in [7, 11) is 0. The van der Waals surface area contributed by atoms with Crippen LogP contribution in [0.1, 0.15) is 59.6 Å². The van der Waals surface area contributed by atoms with E-state index in [1.807, 2.05) is 133 Å². The molecule has 0 spiro atoms. The largest absolute Gasteiger partial charge is 0.294 e. The second-order valence-corrected chi connectivity index (χ2v) is 11.4. The summed E-state index contributed by atoms with van der Waals surface area (Å²) in [5.41, 5.74) is 4.01. The van der Waals surface area contributed by atoms with Crippen molar-refractivity contribution >= 4 is 17.3 Å². The number of rotatable bonds is 12. The minimum Gasteiger partial charge on any atom is -0.294 e. The molecule has 6 aromatic rings. The molecule has 3 heteroatoms. The lowest BCUT2D eigenvalue weighted by Crippen LogP contribution is -2.40. The average Bonchev–Trinajstić information content (AvgIpc) is 3.14. The van der Waals surface area contributed by atoms with Gasteiger partial charge in [0.05, 0.1) is 5.92 Å². The number of hydrogen-bond donors (Lipinski definition) is 0. The number of Topliss-reactive ketones (excluding diaryl/α,β-unsaturated/α-hetero) is 3. The second-order valence-electron chi connectivity index (χ2n) is 11.4. The van der Waals surface area contributed by atoms with Crippen molar-refractivity contribution in [3.05, 3.63) is 215 Å². The molecule has 0 radical (unpaired) electrons. The van der Waals surface area contributed by atoms with E-state index in [0.717, 1.165) is 16.7 Å². The van der Waals surface area contributed by atoms with Crippen molar-refractivity contribution in [2.45, 2.75) is 11.8 Å². The van der Waals surface area contributed by atoms with Crippen molar-refractivity contribution in [2.75, 3.05) is 0 Å². The molecule has 0 unspecified atom stereocenters. The second kappa shape index (κ2) is 14.4. The Bertz CT molecular complexity index is 1780. The molecule has 0 bridgehead atoms. The third kappa shape index (κ3) is 6.55. The zero-order valence-electron chi connectivity index (χ0n) is 25.4. The summed E-state index contributed by atoms with van der Waals surface area (Å²) in [6.45, 7) is 0.